The Bertz CT molecular complexity index is 499. The van der Waals surface area contributed by atoms with Crippen LogP contribution in [0.25, 0.3) is 0 Å². The predicted molar refractivity (Wildman–Crippen MR) is 75.1 cm³/mol. The van der Waals surface area contributed by atoms with Crippen molar-refractivity contribution in [3.05, 3.63) is 35.6 Å². The number of benzene rings is 1. The predicted octanol–water partition coefficient (Wildman–Crippen LogP) is 1.50. The molecule has 1 aromatic carbocycles. The SMILES string of the molecule is Cl.NC1CCN(S(=O)(=O)Cc2ccc(F)cc2)CC1. The van der Waals surface area contributed by atoms with Crippen LogP contribution < -0.4 is 5.73 Å². The molecule has 0 amide bonds. The summed E-state index contributed by atoms with van der Waals surface area (Å²) in [5.41, 5.74) is 6.35. The summed E-state index contributed by atoms with van der Waals surface area (Å²) in [6, 6.07) is 5.65. The molecular formula is C12H18ClFN2O2S. The minimum absolute atomic E-state index is 0. The van der Waals surface area contributed by atoms with E-state index in [4.69, 9.17) is 5.73 Å². The Morgan fingerprint density at radius 3 is 2.26 bits per heavy atom. The van der Waals surface area contributed by atoms with Gasteiger partial charge in [-0.15, -0.1) is 12.4 Å². The summed E-state index contributed by atoms with van der Waals surface area (Å²) >= 11 is 0. The van der Waals surface area contributed by atoms with Gasteiger partial charge in [-0.2, -0.15) is 0 Å². The first-order valence-corrected chi connectivity index (χ1v) is 7.56. The van der Waals surface area contributed by atoms with E-state index in [0.29, 0.717) is 31.5 Å². The molecule has 2 rings (SSSR count). The first-order chi connectivity index (χ1) is 8.47. The van der Waals surface area contributed by atoms with Crippen molar-refractivity contribution < 1.29 is 12.8 Å². The Kier molecular flexibility index (Phi) is 5.73. The summed E-state index contributed by atoms with van der Waals surface area (Å²) in [7, 11) is -3.32. The first-order valence-electron chi connectivity index (χ1n) is 5.95. The highest BCUT2D eigenvalue weighted by Gasteiger charge is 2.26. The summed E-state index contributed by atoms with van der Waals surface area (Å²) in [6.45, 7) is 0.954. The zero-order chi connectivity index (χ0) is 13.2. The molecule has 0 aromatic heterocycles. The fourth-order valence-electron chi connectivity index (χ4n) is 2.04. The number of hydrogen-bond donors (Lipinski definition) is 1. The van der Waals surface area contributed by atoms with Gasteiger partial charge in [-0.3, -0.25) is 0 Å². The van der Waals surface area contributed by atoms with Crippen molar-refractivity contribution in [3.63, 3.8) is 0 Å². The second-order valence-corrected chi connectivity index (χ2v) is 6.59. The number of sulfonamides is 1. The van der Waals surface area contributed by atoms with Crippen molar-refractivity contribution in [2.75, 3.05) is 13.1 Å². The van der Waals surface area contributed by atoms with Gasteiger partial charge in [-0.1, -0.05) is 12.1 Å². The van der Waals surface area contributed by atoms with Crippen LogP contribution in [0.1, 0.15) is 18.4 Å². The van der Waals surface area contributed by atoms with Gasteiger partial charge < -0.3 is 5.73 Å². The second-order valence-electron chi connectivity index (χ2n) is 4.62. The smallest absolute Gasteiger partial charge is 0.218 e. The van der Waals surface area contributed by atoms with E-state index < -0.39 is 10.0 Å². The van der Waals surface area contributed by atoms with E-state index in [0.717, 1.165) is 0 Å². The number of nitrogens with two attached hydrogens (primary N) is 1. The molecular weight excluding hydrogens is 291 g/mol. The third-order valence-electron chi connectivity index (χ3n) is 3.15. The summed E-state index contributed by atoms with van der Waals surface area (Å²) < 4.78 is 38.5. The van der Waals surface area contributed by atoms with Gasteiger partial charge >= 0.3 is 0 Å². The molecule has 0 spiro atoms. The minimum atomic E-state index is -3.32. The first kappa shape index (κ1) is 16.4. The van der Waals surface area contributed by atoms with Gasteiger partial charge in [0.1, 0.15) is 5.82 Å². The Morgan fingerprint density at radius 1 is 1.21 bits per heavy atom. The van der Waals surface area contributed by atoms with E-state index >= 15 is 0 Å². The van der Waals surface area contributed by atoms with Crippen molar-refractivity contribution in [2.24, 2.45) is 5.73 Å². The Hall–Kier alpha value is -0.690. The monoisotopic (exact) mass is 308 g/mol. The maximum absolute atomic E-state index is 12.7. The standard InChI is InChI=1S/C12H17FN2O2S.ClH/c13-11-3-1-10(2-4-11)9-18(16,17)15-7-5-12(14)6-8-15;/h1-4,12H,5-9,14H2;1H. The number of rotatable bonds is 3. The molecule has 0 aliphatic carbocycles. The molecule has 0 unspecified atom stereocenters. The van der Waals surface area contributed by atoms with Crippen LogP contribution in [-0.2, 0) is 15.8 Å². The van der Waals surface area contributed by atoms with Gasteiger partial charge in [0.05, 0.1) is 5.75 Å². The van der Waals surface area contributed by atoms with Gasteiger partial charge in [-0.05, 0) is 30.5 Å². The summed E-state index contributed by atoms with van der Waals surface area (Å²) in [6.07, 6.45) is 1.39. The molecule has 0 radical (unpaired) electrons. The number of halogens is 2. The fourth-order valence-corrected chi connectivity index (χ4v) is 3.60. The maximum atomic E-state index is 12.7. The lowest BCUT2D eigenvalue weighted by atomic mass is 10.1. The maximum Gasteiger partial charge on any atom is 0.218 e. The van der Waals surface area contributed by atoms with E-state index in [1.54, 1.807) is 0 Å². The zero-order valence-electron chi connectivity index (χ0n) is 10.5. The minimum Gasteiger partial charge on any atom is -0.328 e. The van der Waals surface area contributed by atoms with Crippen LogP contribution >= 0.6 is 12.4 Å². The van der Waals surface area contributed by atoms with Crippen LogP contribution in [0, 0.1) is 5.82 Å². The van der Waals surface area contributed by atoms with Crippen LogP contribution in [0.5, 0.6) is 0 Å². The number of piperidine rings is 1. The topological polar surface area (TPSA) is 63.4 Å². The Labute approximate surface area is 119 Å². The van der Waals surface area contributed by atoms with Crippen LogP contribution in [0.4, 0.5) is 4.39 Å². The van der Waals surface area contributed by atoms with Crippen LogP contribution in [0.3, 0.4) is 0 Å². The molecule has 1 fully saturated rings. The number of nitrogens with zero attached hydrogens (tertiary/aromatic N) is 1. The Morgan fingerprint density at radius 2 is 1.74 bits per heavy atom. The van der Waals surface area contributed by atoms with Crippen molar-refractivity contribution >= 4 is 22.4 Å². The third-order valence-corrected chi connectivity index (χ3v) is 5.00. The van der Waals surface area contributed by atoms with Gasteiger partial charge in [-0.25, -0.2) is 17.1 Å². The highest BCUT2D eigenvalue weighted by Crippen LogP contribution is 2.17. The van der Waals surface area contributed by atoms with Gasteiger partial charge in [0, 0.05) is 19.1 Å². The molecule has 19 heavy (non-hydrogen) atoms. The van der Waals surface area contributed by atoms with E-state index in [-0.39, 0.29) is 30.0 Å². The van der Waals surface area contributed by atoms with Gasteiger partial charge in [0.15, 0.2) is 0 Å². The molecule has 2 N–H and O–H groups in total. The molecule has 4 nitrogen and oxygen atoms in total. The lowest BCUT2D eigenvalue weighted by Crippen LogP contribution is -2.43. The largest absolute Gasteiger partial charge is 0.328 e. The van der Waals surface area contributed by atoms with Crippen molar-refractivity contribution in [2.45, 2.75) is 24.6 Å². The van der Waals surface area contributed by atoms with Crippen molar-refractivity contribution in [1.29, 1.82) is 0 Å². The van der Waals surface area contributed by atoms with Crippen LogP contribution in [-0.4, -0.2) is 31.9 Å². The summed E-state index contributed by atoms with van der Waals surface area (Å²) in [4.78, 5) is 0. The summed E-state index contributed by atoms with van der Waals surface area (Å²) in [5.74, 6) is -0.442. The zero-order valence-corrected chi connectivity index (χ0v) is 12.1. The number of hydrogen-bond acceptors (Lipinski definition) is 3. The molecule has 0 bridgehead atoms. The normalized spacial score (nSPS) is 18.0. The molecule has 1 saturated heterocycles. The van der Waals surface area contributed by atoms with Crippen LogP contribution in [0.2, 0.25) is 0 Å². The molecule has 1 aliphatic rings. The van der Waals surface area contributed by atoms with Crippen molar-refractivity contribution in [3.8, 4) is 0 Å². The molecule has 0 atom stereocenters. The lowest BCUT2D eigenvalue weighted by molar-refractivity contribution is 0.319. The van der Waals surface area contributed by atoms with E-state index in [1.165, 1.54) is 28.6 Å². The van der Waals surface area contributed by atoms with Gasteiger partial charge in [0.2, 0.25) is 10.0 Å². The quantitative estimate of drug-likeness (QED) is 0.920. The molecule has 7 heteroatoms. The molecule has 108 valence electrons. The van der Waals surface area contributed by atoms with E-state index in [1.807, 2.05) is 0 Å². The van der Waals surface area contributed by atoms with E-state index in [9.17, 15) is 12.8 Å². The van der Waals surface area contributed by atoms with Crippen LogP contribution in [0.15, 0.2) is 24.3 Å². The summed E-state index contributed by atoms with van der Waals surface area (Å²) in [5, 5.41) is 0. The fraction of sp³-hybridized carbons (Fsp3) is 0.500. The molecule has 1 heterocycles. The third kappa shape index (κ3) is 4.42. The second kappa shape index (κ2) is 6.65. The molecule has 1 aromatic rings. The molecule has 0 saturated carbocycles. The average molecular weight is 309 g/mol. The lowest BCUT2D eigenvalue weighted by Gasteiger charge is -2.29. The highest BCUT2D eigenvalue weighted by atomic mass is 35.5. The molecule has 1 aliphatic heterocycles. The van der Waals surface area contributed by atoms with Crippen molar-refractivity contribution in [1.82, 2.24) is 4.31 Å². The highest BCUT2D eigenvalue weighted by molar-refractivity contribution is 7.88. The van der Waals surface area contributed by atoms with E-state index in [2.05, 4.69) is 0 Å². The van der Waals surface area contributed by atoms with Gasteiger partial charge in [0.25, 0.3) is 0 Å². The average Bonchev–Trinajstić information content (AvgIpc) is 2.32. The Balaban J connectivity index is 0.00000180.